The van der Waals surface area contributed by atoms with Gasteiger partial charge in [0.15, 0.2) is 0 Å². The second-order valence-corrected chi connectivity index (χ2v) is 7.48. The van der Waals surface area contributed by atoms with Crippen molar-refractivity contribution in [2.45, 2.75) is 57.2 Å². The van der Waals surface area contributed by atoms with Crippen LogP contribution >= 0.6 is 11.8 Å². The largest absolute Gasteiger partial charge is 0.313 e. The Morgan fingerprint density at radius 1 is 1.28 bits per heavy atom. The highest BCUT2D eigenvalue weighted by atomic mass is 32.2. The van der Waals surface area contributed by atoms with E-state index in [2.05, 4.69) is 44.5 Å². The van der Waals surface area contributed by atoms with Gasteiger partial charge >= 0.3 is 0 Å². The topological polar surface area (TPSA) is 12.0 Å². The molecular formula is C16H29NS. The van der Waals surface area contributed by atoms with Crippen LogP contribution in [-0.4, -0.2) is 23.6 Å². The van der Waals surface area contributed by atoms with Gasteiger partial charge in [-0.15, -0.1) is 0 Å². The number of nitrogens with one attached hydrogen (secondary N) is 1. The van der Waals surface area contributed by atoms with Crippen molar-refractivity contribution in [3.05, 3.63) is 12.2 Å². The van der Waals surface area contributed by atoms with Crippen LogP contribution in [0.25, 0.3) is 0 Å². The fourth-order valence-electron chi connectivity index (χ4n) is 3.76. The molecule has 0 aromatic carbocycles. The van der Waals surface area contributed by atoms with Crippen molar-refractivity contribution >= 4 is 11.8 Å². The van der Waals surface area contributed by atoms with Gasteiger partial charge in [0.1, 0.15) is 0 Å². The average Bonchev–Trinajstić information content (AvgIpc) is 3.03. The first-order chi connectivity index (χ1) is 8.64. The average molecular weight is 267 g/mol. The molecule has 4 atom stereocenters. The molecule has 1 nitrogen and oxygen atoms in total. The molecular weight excluding hydrogens is 238 g/mol. The Bertz CT molecular complexity index is 287. The summed E-state index contributed by atoms with van der Waals surface area (Å²) in [5.74, 6) is 2.64. The first-order valence-corrected chi connectivity index (χ1v) is 8.83. The van der Waals surface area contributed by atoms with Crippen LogP contribution < -0.4 is 5.32 Å². The second kappa shape index (κ2) is 6.00. The maximum Gasteiger partial charge on any atom is 0.0276 e. The van der Waals surface area contributed by atoms with Crippen LogP contribution in [0.15, 0.2) is 12.2 Å². The molecule has 1 N–H and O–H groups in total. The summed E-state index contributed by atoms with van der Waals surface area (Å²) in [4.78, 5) is 0. The number of allylic oxidation sites excluding steroid dienone is 2. The Hall–Kier alpha value is 0.0500. The van der Waals surface area contributed by atoms with Crippen molar-refractivity contribution < 1.29 is 0 Å². The molecule has 0 amide bonds. The van der Waals surface area contributed by atoms with Crippen LogP contribution in [0.4, 0.5) is 0 Å². The number of rotatable bonds is 7. The molecule has 0 spiro atoms. The van der Waals surface area contributed by atoms with Crippen LogP contribution in [0.5, 0.6) is 0 Å². The van der Waals surface area contributed by atoms with Gasteiger partial charge in [-0.3, -0.25) is 0 Å². The van der Waals surface area contributed by atoms with E-state index >= 15 is 0 Å². The zero-order chi connectivity index (χ0) is 13.2. The van der Waals surface area contributed by atoms with Gasteiger partial charge in [0.2, 0.25) is 0 Å². The lowest BCUT2D eigenvalue weighted by Crippen LogP contribution is -2.44. The maximum absolute atomic E-state index is 3.85. The second-order valence-electron chi connectivity index (χ2n) is 6.21. The summed E-state index contributed by atoms with van der Waals surface area (Å²) in [5, 5.41) is 3.85. The van der Waals surface area contributed by atoms with E-state index in [4.69, 9.17) is 0 Å². The van der Waals surface area contributed by atoms with E-state index in [1.165, 1.54) is 32.2 Å². The van der Waals surface area contributed by atoms with Gasteiger partial charge in [-0.05, 0) is 56.6 Å². The monoisotopic (exact) mass is 267 g/mol. The molecule has 0 radical (unpaired) electrons. The molecule has 0 aromatic rings. The molecule has 0 heterocycles. The van der Waals surface area contributed by atoms with E-state index in [9.17, 15) is 0 Å². The maximum atomic E-state index is 3.85. The summed E-state index contributed by atoms with van der Waals surface area (Å²) in [5.41, 5.74) is 0. The lowest BCUT2D eigenvalue weighted by atomic mass is 9.87. The molecule has 0 aromatic heterocycles. The Kier molecular flexibility index (Phi) is 4.82. The predicted octanol–water partition coefficient (Wildman–Crippen LogP) is 4.10. The molecule has 4 unspecified atom stereocenters. The summed E-state index contributed by atoms with van der Waals surface area (Å²) in [6, 6.07) is 0.676. The highest BCUT2D eigenvalue weighted by Gasteiger charge is 2.38. The summed E-state index contributed by atoms with van der Waals surface area (Å²) in [6.45, 7) is 8.22. The third-order valence-electron chi connectivity index (χ3n) is 5.44. The van der Waals surface area contributed by atoms with Crippen LogP contribution in [0.1, 0.15) is 46.5 Å². The molecule has 104 valence electrons. The third kappa shape index (κ3) is 2.80. The molecule has 2 rings (SSSR count). The van der Waals surface area contributed by atoms with E-state index in [0.717, 1.165) is 17.8 Å². The first kappa shape index (κ1) is 14.5. The summed E-state index contributed by atoms with van der Waals surface area (Å²) in [7, 11) is 0. The highest BCUT2D eigenvalue weighted by molar-refractivity contribution is 8.00. The van der Waals surface area contributed by atoms with Gasteiger partial charge in [-0.25, -0.2) is 0 Å². The Morgan fingerprint density at radius 3 is 2.44 bits per heavy atom. The van der Waals surface area contributed by atoms with Crippen molar-refractivity contribution in [2.75, 3.05) is 12.8 Å². The molecule has 2 aliphatic carbocycles. The molecule has 0 saturated heterocycles. The van der Waals surface area contributed by atoms with Crippen molar-refractivity contribution in [1.29, 1.82) is 0 Å². The smallest absolute Gasteiger partial charge is 0.0276 e. The van der Waals surface area contributed by atoms with Gasteiger partial charge < -0.3 is 5.32 Å². The van der Waals surface area contributed by atoms with Crippen LogP contribution in [0.2, 0.25) is 0 Å². The molecule has 0 aliphatic heterocycles. The third-order valence-corrected chi connectivity index (χ3v) is 7.03. The van der Waals surface area contributed by atoms with Crippen LogP contribution in [-0.2, 0) is 0 Å². The fraction of sp³-hybridized carbons (Fsp3) is 0.875. The van der Waals surface area contributed by atoms with Crippen molar-refractivity contribution in [2.24, 2.45) is 17.8 Å². The molecule has 1 fully saturated rings. The number of thioether (sulfide) groups is 1. The number of hydrogen-bond donors (Lipinski definition) is 1. The van der Waals surface area contributed by atoms with E-state index in [1.807, 2.05) is 11.8 Å². The molecule has 1 saturated carbocycles. The quantitative estimate of drug-likeness (QED) is 0.697. The fourth-order valence-corrected chi connectivity index (χ4v) is 4.56. The van der Waals surface area contributed by atoms with E-state index in [1.54, 1.807) is 0 Å². The standard InChI is InChI=1S/C16H29NS/c1-5-16(6-2,18-4)11-17-12(3)15-10-13-7-8-14(15)9-13/h7-8,12-15,17H,5-6,9-11H2,1-4H3. The minimum Gasteiger partial charge on any atom is -0.313 e. The molecule has 2 bridgehead atoms. The Balaban J connectivity index is 1.84. The van der Waals surface area contributed by atoms with Gasteiger partial charge in [-0.2, -0.15) is 11.8 Å². The van der Waals surface area contributed by atoms with Crippen LogP contribution in [0.3, 0.4) is 0 Å². The van der Waals surface area contributed by atoms with Gasteiger partial charge in [0.25, 0.3) is 0 Å². The van der Waals surface area contributed by atoms with Gasteiger partial charge in [0.05, 0.1) is 0 Å². The van der Waals surface area contributed by atoms with Crippen molar-refractivity contribution in [1.82, 2.24) is 5.32 Å². The normalized spacial score (nSPS) is 32.1. The van der Waals surface area contributed by atoms with Gasteiger partial charge in [0, 0.05) is 17.3 Å². The molecule has 2 heteroatoms. The summed E-state index contributed by atoms with van der Waals surface area (Å²) >= 11 is 2.04. The number of hydrogen-bond acceptors (Lipinski definition) is 2. The minimum atomic E-state index is 0.446. The summed E-state index contributed by atoms with van der Waals surface area (Å²) < 4.78 is 0.446. The lowest BCUT2D eigenvalue weighted by Gasteiger charge is -2.34. The van der Waals surface area contributed by atoms with E-state index in [0.29, 0.717) is 10.8 Å². The first-order valence-electron chi connectivity index (χ1n) is 7.61. The lowest BCUT2D eigenvalue weighted by molar-refractivity contribution is 0.314. The Morgan fingerprint density at radius 2 is 2.00 bits per heavy atom. The van der Waals surface area contributed by atoms with E-state index in [-0.39, 0.29) is 0 Å². The zero-order valence-corrected chi connectivity index (χ0v) is 13.2. The number of fused-ring (bicyclic) bond motifs is 2. The predicted molar refractivity (Wildman–Crippen MR) is 83.1 cm³/mol. The molecule has 18 heavy (non-hydrogen) atoms. The zero-order valence-electron chi connectivity index (χ0n) is 12.4. The van der Waals surface area contributed by atoms with Gasteiger partial charge in [-0.1, -0.05) is 26.0 Å². The highest BCUT2D eigenvalue weighted by Crippen LogP contribution is 2.45. The Labute approximate surface area is 117 Å². The van der Waals surface area contributed by atoms with E-state index < -0.39 is 0 Å². The van der Waals surface area contributed by atoms with Crippen molar-refractivity contribution in [3.63, 3.8) is 0 Å². The van der Waals surface area contributed by atoms with Crippen molar-refractivity contribution in [3.8, 4) is 0 Å². The minimum absolute atomic E-state index is 0.446. The SMILES string of the molecule is CCC(CC)(CNC(C)C1CC2C=CC1C2)SC. The summed E-state index contributed by atoms with van der Waals surface area (Å²) in [6.07, 6.45) is 12.5. The van der Waals surface area contributed by atoms with Crippen LogP contribution in [0, 0.1) is 17.8 Å². The molecule has 2 aliphatic rings.